The van der Waals surface area contributed by atoms with E-state index in [2.05, 4.69) is 15.5 Å². The average Bonchev–Trinajstić information content (AvgIpc) is 2.87. The number of hydrogen-bond donors (Lipinski definition) is 3. The van der Waals surface area contributed by atoms with Gasteiger partial charge in [0.15, 0.2) is 5.75 Å². The maximum atomic E-state index is 13.1. The number of azo groups is 1. The Kier molecular flexibility index (Phi) is 7.44. The number of aromatic hydroxyl groups is 1. The largest absolute Gasteiger partial charge is 0.505 e. The highest BCUT2D eigenvalue weighted by molar-refractivity contribution is 7.86. The number of aryl methyl sites for hydroxylation is 1. The summed E-state index contributed by atoms with van der Waals surface area (Å²) in [5, 5.41) is 23.1. The van der Waals surface area contributed by atoms with E-state index in [1.807, 2.05) is 6.92 Å². The normalized spacial score (nSPS) is 11.7. The Hall–Kier alpha value is -3.99. The molecule has 0 saturated heterocycles. The van der Waals surface area contributed by atoms with Crippen LogP contribution in [0.5, 0.6) is 11.5 Å². The molecular formula is C26H22ClN3O6S. The fourth-order valence-corrected chi connectivity index (χ4v) is 4.73. The Balaban J connectivity index is 1.83. The molecule has 0 heterocycles. The van der Waals surface area contributed by atoms with Crippen LogP contribution in [-0.4, -0.2) is 31.1 Å². The molecule has 0 aliphatic rings. The highest BCUT2D eigenvalue weighted by Gasteiger charge is 2.21. The molecule has 0 bridgehead atoms. The fourth-order valence-electron chi connectivity index (χ4n) is 3.74. The van der Waals surface area contributed by atoms with Gasteiger partial charge in [-0.1, -0.05) is 48.9 Å². The van der Waals surface area contributed by atoms with Gasteiger partial charge in [-0.25, -0.2) is 0 Å². The van der Waals surface area contributed by atoms with E-state index in [-0.39, 0.29) is 22.0 Å². The lowest BCUT2D eigenvalue weighted by Crippen LogP contribution is -2.12. The van der Waals surface area contributed by atoms with E-state index in [1.165, 1.54) is 19.2 Å². The zero-order valence-corrected chi connectivity index (χ0v) is 21.3. The fraction of sp³-hybridized carbons (Fsp3) is 0.115. The van der Waals surface area contributed by atoms with Gasteiger partial charge >= 0.3 is 0 Å². The average molecular weight is 540 g/mol. The first-order valence-corrected chi connectivity index (χ1v) is 12.9. The summed E-state index contributed by atoms with van der Waals surface area (Å²) in [7, 11) is -3.17. The van der Waals surface area contributed by atoms with Crippen molar-refractivity contribution in [1.82, 2.24) is 0 Å². The first kappa shape index (κ1) is 26.1. The molecule has 4 rings (SSSR count). The molecular weight excluding hydrogens is 518 g/mol. The summed E-state index contributed by atoms with van der Waals surface area (Å²) in [4.78, 5) is 12.6. The number of hydrogen-bond acceptors (Lipinski definition) is 7. The number of carbonyl (C=O) groups excluding carboxylic acids is 1. The van der Waals surface area contributed by atoms with Gasteiger partial charge < -0.3 is 15.2 Å². The second-order valence-corrected chi connectivity index (χ2v) is 9.77. The first-order valence-electron chi connectivity index (χ1n) is 11.0. The van der Waals surface area contributed by atoms with Crippen LogP contribution in [0, 0.1) is 0 Å². The summed E-state index contributed by atoms with van der Waals surface area (Å²) in [5.74, 6) is -0.522. The van der Waals surface area contributed by atoms with Crippen molar-refractivity contribution in [1.29, 1.82) is 0 Å². The van der Waals surface area contributed by atoms with Crippen LogP contribution in [-0.2, 0) is 16.5 Å². The van der Waals surface area contributed by atoms with Crippen molar-refractivity contribution in [2.45, 2.75) is 18.2 Å². The molecule has 0 spiro atoms. The van der Waals surface area contributed by atoms with Gasteiger partial charge in [-0.2, -0.15) is 8.42 Å². The zero-order valence-electron chi connectivity index (χ0n) is 19.8. The predicted molar refractivity (Wildman–Crippen MR) is 141 cm³/mol. The number of anilines is 1. The van der Waals surface area contributed by atoms with Crippen molar-refractivity contribution in [2.75, 3.05) is 12.4 Å². The molecule has 0 unspecified atom stereocenters. The SMILES string of the molecule is CCc1cc(N=Nc2c(O)c(C(=O)Nc3cccc(OC)c3)cc3ccccc23)c(S(=O)(=O)O)cc1Cl. The van der Waals surface area contributed by atoms with Crippen molar-refractivity contribution in [3.05, 3.63) is 82.9 Å². The summed E-state index contributed by atoms with van der Waals surface area (Å²) < 4.78 is 38.7. The van der Waals surface area contributed by atoms with Gasteiger partial charge in [0.05, 0.1) is 12.7 Å². The zero-order chi connectivity index (χ0) is 26.7. The third-order valence-electron chi connectivity index (χ3n) is 5.61. The molecule has 4 aromatic rings. The molecule has 190 valence electrons. The van der Waals surface area contributed by atoms with Gasteiger partial charge in [-0.15, -0.1) is 10.2 Å². The summed E-state index contributed by atoms with van der Waals surface area (Å²) in [5.41, 5.74) is 0.743. The van der Waals surface area contributed by atoms with Crippen LogP contribution in [0.1, 0.15) is 22.8 Å². The Morgan fingerprint density at radius 1 is 1.05 bits per heavy atom. The number of nitrogens with one attached hydrogen (secondary N) is 1. The van der Waals surface area contributed by atoms with Gasteiger partial charge in [-0.3, -0.25) is 9.35 Å². The lowest BCUT2D eigenvalue weighted by molar-refractivity contribution is 0.102. The van der Waals surface area contributed by atoms with Gasteiger partial charge in [0.25, 0.3) is 16.0 Å². The van der Waals surface area contributed by atoms with Crippen LogP contribution >= 0.6 is 11.6 Å². The number of methoxy groups -OCH3 is 1. The Morgan fingerprint density at radius 2 is 1.81 bits per heavy atom. The number of benzene rings is 4. The number of halogens is 1. The number of rotatable bonds is 7. The molecule has 0 atom stereocenters. The van der Waals surface area contributed by atoms with Crippen LogP contribution in [0.3, 0.4) is 0 Å². The van der Waals surface area contributed by atoms with Crippen molar-refractivity contribution in [3.63, 3.8) is 0 Å². The topological polar surface area (TPSA) is 138 Å². The number of nitrogens with zero attached hydrogens (tertiary/aromatic N) is 2. The van der Waals surface area contributed by atoms with Gasteiger partial charge in [0.2, 0.25) is 0 Å². The summed E-state index contributed by atoms with van der Waals surface area (Å²) in [6, 6.07) is 17.6. The van der Waals surface area contributed by atoms with E-state index in [9.17, 15) is 22.9 Å². The quantitative estimate of drug-likeness (QED) is 0.177. The minimum atomic E-state index is -4.67. The van der Waals surface area contributed by atoms with Crippen molar-refractivity contribution < 1.29 is 27.6 Å². The molecule has 0 aliphatic carbocycles. The van der Waals surface area contributed by atoms with E-state index in [0.717, 1.165) is 6.07 Å². The van der Waals surface area contributed by atoms with Gasteiger partial charge in [0, 0.05) is 22.2 Å². The van der Waals surface area contributed by atoms with Crippen LogP contribution in [0.4, 0.5) is 17.1 Å². The molecule has 0 aliphatic heterocycles. The summed E-state index contributed by atoms with van der Waals surface area (Å²) >= 11 is 6.13. The second kappa shape index (κ2) is 10.6. The van der Waals surface area contributed by atoms with Crippen LogP contribution in [0.2, 0.25) is 5.02 Å². The first-order chi connectivity index (χ1) is 17.6. The van der Waals surface area contributed by atoms with Gasteiger partial charge in [0.1, 0.15) is 22.0 Å². The van der Waals surface area contributed by atoms with Gasteiger partial charge in [-0.05, 0) is 47.7 Å². The summed E-state index contributed by atoms with van der Waals surface area (Å²) in [6.07, 6.45) is 0.473. The van der Waals surface area contributed by atoms with Crippen molar-refractivity contribution >= 4 is 55.5 Å². The Labute approximate surface area is 218 Å². The van der Waals surface area contributed by atoms with Crippen molar-refractivity contribution in [2.24, 2.45) is 10.2 Å². The molecule has 11 heteroatoms. The highest BCUT2D eigenvalue weighted by Crippen LogP contribution is 2.41. The lowest BCUT2D eigenvalue weighted by Gasteiger charge is -2.12. The van der Waals surface area contributed by atoms with Crippen LogP contribution < -0.4 is 10.1 Å². The maximum Gasteiger partial charge on any atom is 0.296 e. The molecule has 9 nitrogen and oxygen atoms in total. The minimum Gasteiger partial charge on any atom is -0.505 e. The smallest absolute Gasteiger partial charge is 0.296 e. The molecule has 3 N–H and O–H groups in total. The number of ether oxygens (including phenoxy) is 1. The third kappa shape index (κ3) is 5.56. The lowest BCUT2D eigenvalue weighted by atomic mass is 10.0. The van der Waals surface area contributed by atoms with E-state index in [1.54, 1.807) is 48.5 Å². The van der Waals surface area contributed by atoms with Crippen LogP contribution in [0.25, 0.3) is 10.8 Å². The monoisotopic (exact) mass is 539 g/mol. The van der Waals surface area contributed by atoms with Crippen LogP contribution in [0.15, 0.2) is 81.9 Å². The standard InChI is InChI=1S/C26H22ClN3O6S/c1-3-15-12-22(23(14-21(15)27)37(33,34)35)29-30-24-19-10-5-4-7-16(19)11-20(25(24)31)26(32)28-17-8-6-9-18(13-17)36-2/h4-14,31H,3H2,1-2H3,(H,28,32)(H,33,34,35). The van der Waals surface area contributed by atoms with E-state index in [0.29, 0.717) is 34.2 Å². The number of phenolic OH excluding ortho intramolecular Hbond substituents is 1. The Morgan fingerprint density at radius 3 is 2.51 bits per heavy atom. The van der Waals surface area contributed by atoms with E-state index < -0.39 is 26.7 Å². The Bertz CT molecular complexity index is 1650. The molecule has 0 aromatic heterocycles. The van der Waals surface area contributed by atoms with E-state index >= 15 is 0 Å². The molecule has 1 amide bonds. The predicted octanol–water partition coefficient (Wildman–Crippen LogP) is 6.68. The molecule has 4 aromatic carbocycles. The molecule has 0 radical (unpaired) electrons. The number of carbonyl (C=O) groups is 1. The summed E-state index contributed by atoms with van der Waals surface area (Å²) in [6.45, 7) is 1.82. The number of phenols is 1. The third-order valence-corrected chi connectivity index (χ3v) is 6.85. The number of fused-ring (bicyclic) bond motifs is 1. The highest BCUT2D eigenvalue weighted by atomic mass is 35.5. The molecule has 37 heavy (non-hydrogen) atoms. The van der Waals surface area contributed by atoms with E-state index in [4.69, 9.17) is 16.3 Å². The maximum absolute atomic E-state index is 13.1. The number of amides is 1. The minimum absolute atomic E-state index is 0.0526. The molecule has 0 saturated carbocycles. The van der Waals surface area contributed by atoms with Crippen molar-refractivity contribution in [3.8, 4) is 11.5 Å². The second-order valence-electron chi connectivity index (χ2n) is 7.97. The molecule has 0 fully saturated rings.